The predicted molar refractivity (Wildman–Crippen MR) is 126 cm³/mol. The molecule has 2 fully saturated rings. The molecule has 0 amide bonds. The van der Waals surface area contributed by atoms with Crippen molar-refractivity contribution in [3.8, 4) is 0 Å². The SMILES string of the molecule is CCCCCCC1C(C(C)C)CCC(COC(=O)C2CCC(C)CC2C(=O)O)C1(C)C. The number of hydrogen-bond donors (Lipinski definition) is 1. The number of carbonyl (C=O) groups is 2. The molecule has 4 nitrogen and oxygen atoms in total. The Bertz CT molecular complexity index is 582. The van der Waals surface area contributed by atoms with Crippen LogP contribution in [-0.2, 0) is 14.3 Å². The molecule has 2 saturated carbocycles. The Hall–Kier alpha value is -1.06. The molecule has 0 aliphatic heterocycles. The van der Waals surface area contributed by atoms with Crippen LogP contribution in [0.4, 0.5) is 0 Å². The van der Waals surface area contributed by atoms with E-state index in [0.717, 1.165) is 18.8 Å². The summed E-state index contributed by atoms with van der Waals surface area (Å²) < 4.78 is 5.86. The highest BCUT2D eigenvalue weighted by Gasteiger charge is 2.46. The molecule has 31 heavy (non-hydrogen) atoms. The maximum atomic E-state index is 12.9. The lowest BCUT2D eigenvalue weighted by molar-refractivity contribution is -0.164. The summed E-state index contributed by atoms with van der Waals surface area (Å²) in [4.78, 5) is 24.6. The van der Waals surface area contributed by atoms with Crippen LogP contribution in [0.15, 0.2) is 0 Å². The van der Waals surface area contributed by atoms with Gasteiger partial charge >= 0.3 is 11.9 Å². The molecule has 2 aliphatic carbocycles. The van der Waals surface area contributed by atoms with Crippen LogP contribution in [0.25, 0.3) is 0 Å². The third kappa shape index (κ3) is 6.71. The molecule has 0 heterocycles. The number of carboxylic acids is 1. The van der Waals surface area contributed by atoms with Crippen LogP contribution in [0.2, 0.25) is 0 Å². The Labute approximate surface area is 190 Å². The fourth-order valence-electron chi connectivity index (χ4n) is 6.52. The lowest BCUT2D eigenvalue weighted by atomic mass is 9.55. The standard InChI is InChI=1S/C27H48O4/c1-7-8-9-10-11-24-21(18(2)3)15-13-20(27(24,5)6)17-31-26(30)22-14-12-19(4)16-23(22)25(28)29/h18-24H,7-17H2,1-6H3,(H,28,29). The number of esters is 1. The van der Waals surface area contributed by atoms with Gasteiger partial charge < -0.3 is 9.84 Å². The largest absolute Gasteiger partial charge is 0.481 e. The van der Waals surface area contributed by atoms with Crippen molar-refractivity contribution in [1.29, 1.82) is 0 Å². The Morgan fingerprint density at radius 2 is 1.74 bits per heavy atom. The van der Waals surface area contributed by atoms with Crippen LogP contribution in [-0.4, -0.2) is 23.7 Å². The summed E-state index contributed by atoms with van der Waals surface area (Å²) >= 11 is 0. The molecule has 0 spiro atoms. The summed E-state index contributed by atoms with van der Waals surface area (Å²) in [5.41, 5.74) is 0.132. The minimum absolute atomic E-state index is 0.132. The zero-order valence-corrected chi connectivity index (χ0v) is 21.0. The van der Waals surface area contributed by atoms with Crippen LogP contribution >= 0.6 is 0 Å². The van der Waals surface area contributed by atoms with E-state index in [-0.39, 0.29) is 11.4 Å². The first-order valence-electron chi connectivity index (χ1n) is 13.0. The van der Waals surface area contributed by atoms with E-state index < -0.39 is 17.8 Å². The number of rotatable bonds is 10. The van der Waals surface area contributed by atoms with Crippen molar-refractivity contribution in [2.24, 2.45) is 46.8 Å². The highest BCUT2D eigenvalue weighted by Crippen LogP contribution is 2.52. The van der Waals surface area contributed by atoms with Crippen LogP contribution in [0.3, 0.4) is 0 Å². The van der Waals surface area contributed by atoms with E-state index in [1.165, 1.54) is 38.5 Å². The highest BCUT2D eigenvalue weighted by atomic mass is 16.5. The molecule has 6 atom stereocenters. The van der Waals surface area contributed by atoms with Crippen molar-refractivity contribution in [1.82, 2.24) is 0 Å². The van der Waals surface area contributed by atoms with Gasteiger partial charge in [-0.3, -0.25) is 9.59 Å². The average Bonchev–Trinajstić information content (AvgIpc) is 2.70. The fraction of sp³-hybridized carbons (Fsp3) is 0.926. The lowest BCUT2D eigenvalue weighted by Gasteiger charge is -2.51. The minimum Gasteiger partial charge on any atom is -0.481 e. The van der Waals surface area contributed by atoms with E-state index in [4.69, 9.17) is 4.74 Å². The summed E-state index contributed by atoms with van der Waals surface area (Å²) in [5, 5.41) is 9.60. The molecular formula is C27H48O4. The van der Waals surface area contributed by atoms with Gasteiger partial charge in [-0.15, -0.1) is 0 Å². The molecule has 0 aromatic rings. The van der Waals surface area contributed by atoms with Gasteiger partial charge in [-0.05, 0) is 73.5 Å². The van der Waals surface area contributed by atoms with E-state index in [2.05, 4.69) is 41.5 Å². The minimum atomic E-state index is -0.849. The first-order chi connectivity index (χ1) is 14.6. The second-order valence-corrected chi connectivity index (χ2v) is 11.6. The van der Waals surface area contributed by atoms with E-state index in [1.54, 1.807) is 0 Å². The van der Waals surface area contributed by atoms with Gasteiger partial charge in [0, 0.05) is 0 Å². The van der Waals surface area contributed by atoms with Gasteiger partial charge in [0.1, 0.15) is 0 Å². The zero-order chi connectivity index (χ0) is 23.2. The molecule has 0 aromatic carbocycles. The Kier molecular flexibility index (Phi) is 9.89. The third-order valence-corrected chi connectivity index (χ3v) is 8.76. The van der Waals surface area contributed by atoms with Crippen LogP contribution in [0.1, 0.15) is 106 Å². The first kappa shape index (κ1) is 26.2. The monoisotopic (exact) mass is 436 g/mol. The van der Waals surface area contributed by atoms with Gasteiger partial charge in [-0.25, -0.2) is 0 Å². The van der Waals surface area contributed by atoms with Crippen LogP contribution in [0.5, 0.6) is 0 Å². The van der Waals surface area contributed by atoms with Gasteiger partial charge in [0.15, 0.2) is 0 Å². The third-order valence-electron chi connectivity index (χ3n) is 8.76. The molecule has 0 bridgehead atoms. The van der Waals surface area contributed by atoms with Crippen LogP contribution in [0, 0.1) is 46.8 Å². The Morgan fingerprint density at radius 3 is 2.35 bits per heavy atom. The maximum absolute atomic E-state index is 12.9. The van der Waals surface area contributed by atoms with E-state index in [1.807, 2.05) is 0 Å². The second-order valence-electron chi connectivity index (χ2n) is 11.6. The molecule has 0 radical (unpaired) electrons. The molecular weight excluding hydrogens is 388 g/mol. The van der Waals surface area contributed by atoms with Crippen molar-refractivity contribution in [3.63, 3.8) is 0 Å². The van der Waals surface area contributed by atoms with Gasteiger partial charge in [0.05, 0.1) is 18.4 Å². The van der Waals surface area contributed by atoms with Crippen LogP contribution < -0.4 is 0 Å². The summed E-state index contributed by atoms with van der Waals surface area (Å²) in [6.07, 6.45) is 10.9. The molecule has 180 valence electrons. The van der Waals surface area contributed by atoms with E-state index >= 15 is 0 Å². The molecule has 2 aliphatic rings. The topological polar surface area (TPSA) is 63.6 Å². The maximum Gasteiger partial charge on any atom is 0.309 e. The average molecular weight is 437 g/mol. The molecule has 0 aromatic heterocycles. The summed E-state index contributed by atoms with van der Waals surface area (Å²) in [6.45, 7) is 14.3. The molecule has 6 unspecified atom stereocenters. The number of carbonyl (C=O) groups excluding carboxylic acids is 1. The van der Waals surface area contributed by atoms with E-state index in [0.29, 0.717) is 43.1 Å². The molecule has 4 heteroatoms. The Balaban J connectivity index is 2.01. The first-order valence-corrected chi connectivity index (χ1v) is 13.0. The molecule has 1 N–H and O–H groups in total. The highest BCUT2D eigenvalue weighted by molar-refractivity contribution is 5.81. The predicted octanol–water partition coefficient (Wildman–Crippen LogP) is 6.96. The summed E-state index contributed by atoms with van der Waals surface area (Å²) in [5.74, 6) is 0.598. The normalized spacial score (nSPS) is 33.3. The van der Waals surface area contributed by atoms with Gasteiger partial charge in [-0.2, -0.15) is 0 Å². The number of carboxylic acid groups (broad SMARTS) is 1. The quantitative estimate of drug-likeness (QED) is 0.297. The zero-order valence-electron chi connectivity index (χ0n) is 21.0. The van der Waals surface area contributed by atoms with Crippen molar-refractivity contribution in [3.05, 3.63) is 0 Å². The number of unbranched alkanes of at least 4 members (excludes halogenated alkanes) is 3. The van der Waals surface area contributed by atoms with Crippen molar-refractivity contribution >= 4 is 11.9 Å². The van der Waals surface area contributed by atoms with Crippen molar-refractivity contribution in [2.75, 3.05) is 6.61 Å². The second kappa shape index (κ2) is 11.7. The Morgan fingerprint density at radius 1 is 1.03 bits per heavy atom. The van der Waals surface area contributed by atoms with Gasteiger partial charge in [-0.1, -0.05) is 67.2 Å². The molecule has 0 saturated heterocycles. The number of aliphatic carboxylic acids is 1. The molecule has 2 rings (SSSR count). The van der Waals surface area contributed by atoms with Crippen molar-refractivity contribution < 1.29 is 19.4 Å². The number of hydrogen-bond acceptors (Lipinski definition) is 3. The van der Waals surface area contributed by atoms with E-state index in [9.17, 15) is 14.7 Å². The number of ether oxygens (including phenoxy) is 1. The van der Waals surface area contributed by atoms with Crippen molar-refractivity contribution in [2.45, 2.75) is 106 Å². The summed E-state index contributed by atoms with van der Waals surface area (Å²) in [6, 6.07) is 0. The lowest BCUT2D eigenvalue weighted by Crippen LogP contribution is -2.45. The smallest absolute Gasteiger partial charge is 0.309 e. The van der Waals surface area contributed by atoms with Gasteiger partial charge in [0.25, 0.3) is 0 Å². The van der Waals surface area contributed by atoms with Gasteiger partial charge in [0.2, 0.25) is 0 Å². The fourth-order valence-corrected chi connectivity index (χ4v) is 6.52. The summed E-state index contributed by atoms with van der Waals surface area (Å²) in [7, 11) is 0.